The summed E-state index contributed by atoms with van der Waals surface area (Å²) in [5.41, 5.74) is 2.67. The van der Waals surface area contributed by atoms with Crippen LogP contribution in [0.2, 0.25) is 0 Å². The second kappa shape index (κ2) is 1.66. The third-order valence-corrected chi connectivity index (χ3v) is 3.17. The number of rotatable bonds is 0. The fraction of sp³-hybridized carbons (Fsp3) is 0.500. The van der Waals surface area contributed by atoms with Gasteiger partial charge in [-0.1, -0.05) is 17.7 Å². The van der Waals surface area contributed by atoms with Crippen molar-refractivity contribution in [2.24, 2.45) is 11.8 Å². The van der Waals surface area contributed by atoms with E-state index in [-0.39, 0.29) is 0 Å². The zero-order chi connectivity index (χ0) is 7.42. The second-order valence-corrected chi connectivity index (χ2v) is 3.70. The predicted molar refractivity (Wildman–Crippen MR) is 42.0 cm³/mol. The molecule has 0 aromatic heterocycles. The van der Waals surface area contributed by atoms with Crippen molar-refractivity contribution < 1.29 is 4.79 Å². The average molecular weight is 146 g/mol. The zero-order valence-electron chi connectivity index (χ0n) is 6.34. The highest BCUT2D eigenvalue weighted by Crippen LogP contribution is 2.49. The van der Waals surface area contributed by atoms with Crippen molar-refractivity contribution in [3.05, 3.63) is 23.3 Å². The van der Waals surface area contributed by atoms with Crippen molar-refractivity contribution >= 4 is 5.78 Å². The molecule has 3 aliphatic carbocycles. The van der Waals surface area contributed by atoms with Crippen LogP contribution >= 0.6 is 0 Å². The molecule has 0 aliphatic heterocycles. The molecule has 0 heterocycles. The van der Waals surface area contributed by atoms with Crippen LogP contribution in [0.5, 0.6) is 0 Å². The van der Waals surface area contributed by atoms with Gasteiger partial charge in [-0.2, -0.15) is 0 Å². The molecule has 2 bridgehead atoms. The normalized spacial score (nSPS) is 39.1. The van der Waals surface area contributed by atoms with Crippen molar-refractivity contribution in [1.82, 2.24) is 0 Å². The SMILES string of the molecule is O=C1CCC2=C1C1C=CC2C1. The predicted octanol–water partition coefficient (Wildman–Crippen LogP) is 1.85. The summed E-state index contributed by atoms with van der Waals surface area (Å²) in [5.74, 6) is 1.60. The molecule has 2 atom stereocenters. The highest BCUT2D eigenvalue weighted by molar-refractivity contribution is 6.00. The Morgan fingerprint density at radius 3 is 2.82 bits per heavy atom. The minimum atomic E-state index is 0.428. The lowest BCUT2D eigenvalue weighted by Crippen LogP contribution is -2.02. The number of hydrogen-bond donors (Lipinski definition) is 0. The van der Waals surface area contributed by atoms with Gasteiger partial charge in [-0.05, 0) is 18.8 Å². The standard InChI is InChI=1S/C10H10O/c11-9-4-3-8-6-1-2-7(5-6)10(8)9/h1-2,6-7H,3-5H2. The highest BCUT2D eigenvalue weighted by Gasteiger charge is 2.40. The van der Waals surface area contributed by atoms with Gasteiger partial charge in [0, 0.05) is 17.9 Å². The summed E-state index contributed by atoms with van der Waals surface area (Å²) < 4.78 is 0. The van der Waals surface area contributed by atoms with E-state index in [1.54, 1.807) is 0 Å². The van der Waals surface area contributed by atoms with E-state index >= 15 is 0 Å². The summed E-state index contributed by atoms with van der Waals surface area (Å²) in [6.45, 7) is 0. The maximum atomic E-state index is 11.4. The molecule has 0 fully saturated rings. The average Bonchev–Trinajstić information content (AvgIpc) is 2.60. The number of hydrogen-bond acceptors (Lipinski definition) is 1. The van der Waals surface area contributed by atoms with Gasteiger partial charge >= 0.3 is 0 Å². The van der Waals surface area contributed by atoms with E-state index in [1.807, 2.05) is 0 Å². The first kappa shape index (κ1) is 5.76. The maximum absolute atomic E-state index is 11.4. The molecule has 0 radical (unpaired) electrons. The van der Waals surface area contributed by atoms with Crippen LogP contribution in [0.15, 0.2) is 23.3 Å². The highest BCUT2D eigenvalue weighted by atomic mass is 16.1. The Labute approximate surface area is 65.8 Å². The number of Topliss-reactive ketones (excluding diaryl/α,β-unsaturated/α-hetero) is 1. The van der Waals surface area contributed by atoms with Gasteiger partial charge in [0.2, 0.25) is 0 Å². The molecule has 0 spiro atoms. The van der Waals surface area contributed by atoms with Crippen LogP contribution in [0.3, 0.4) is 0 Å². The molecular weight excluding hydrogens is 136 g/mol. The molecular formula is C10H10O. The smallest absolute Gasteiger partial charge is 0.159 e. The molecule has 56 valence electrons. The Kier molecular flexibility index (Phi) is 0.867. The Morgan fingerprint density at radius 2 is 2.00 bits per heavy atom. The van der Waals surface area contributed by atoms with Crippen molar-refractivity contribution in [2.45, 2.75) is 19.3 Å². The summed E-state index contributed by atoms with van der Waals surface area (Å²) in [6, 6.07) is 0. The first-order valence-electron chi connectivity index (χ1n) is 4.31. The number of carbonyl (C=O) groups is 1. The molecule has 0 saturated carbocycles. The van der Waals surface area contributed by atoms with Crippen LogP contribution in [0.4, 0.5) is 0 Å². The number of ketones is 1. The summed E-state index contributed by atoms with van der Waals surface area (Å²) >= 11 is 0. The van der Waals surface area contributed by atoms with Crippen molar-refractivity contribution in [3.63, 3.8) is 0 Å². The Bertz CT molecular complexity index is 296. The van der Waals surface area contributed by atoms with E-state index < -0.39 is 0 Å². The molecule has 0 saturated heterocycles. The summed E-state index contributed by atoms with van der Waals surface area (Å²) in [4.78, 5) is 11.4. The van der Waals surface area contributed by atoms with E-state index in [1.165, 1.54) is 17.6 Å². The van der Waals surface area contributed by atoms with E-state index in [9.17, 15) is 4.79 Å². The van der Waals surface area contributed by atoms with Gasteiger partial charge < -0.3 is 0 Å². The maximum Gasteiger partial charge on any atom is 0.159 e. The fourth-order valence-electron chi connectivity index (χ4n) is 2.70. The van der Waals surface area contributed by atoms with Crippen LogP contribution in [-0.4, -0.2) is 5.78 Å². The topological polar surface area (TPSA) is 17.1 Å². The Balaban J connectivity index is 2.14. The lowest BCUT2D eigenvalue weighted by atomic mass is 10.00. The molecule has 1 heteroatoms. The third kappa shape index (κ3) is 0.550. The number of carbonyl (C=O) groups excluding carboxylic acids is 1. The van der Waals surface area contributed by atoms with Crippen molar-refractivity contribution in [1.29, 1.82) is 0 Å². The van der Waals surface area contributed by atoms with Gasteiger partial charge in [0.05, 0.1) is 0 Å². The van der Waals surface area contributed by atoms with Crippen LogP contribution in [0.25, 0.3) is 0 Å². The van der Waals surface area contributed by atoms with Gasteiger partial charge in [-0.25, -0.2) is 0 Å². The van der Waals surface area contributed by atoms with Crippen LogP contribution < -0.4 is 0 Å². The molecule has 0 N–H and O–H groups in total. The number of fused-ring (bicyclic) bond motifs is 4. The minimum absolute atomic E-state index is 0.428. The molecule has 3 rings (SSSR count). The van der Waals surface area contributed by atoms with E-state index in [0.717, 1.165) is 12.8 Å². The third-order valence-electron chi connectivity index (χ3n) is 3.17. The summed E-state index contributed by atoms with van der Waals surface area (Å²) in [6.07, 6.45) is 7.55. The van der Waals surface area contributed by atoms with Crippen LogP contribution in [0, 0.1) is 11.8 Å². The van der Waals surface area contributed by atoms with Gasteiger partial charge in [0.15, 0.2) is 5.78 Å². The first-order valence-corrected chi connectivity index (χ1v) is 4.31. The quantitative estimate of drug-likeness (QED) is 0.477. The van der Waals surface area contributed by atoms with Crippen LogP contribution in [0.1, 0.15) is 19.3 Å². The van der Waals surface area contributed by atoms with Crippen LogP contribution in [-0.2, 0) is 4.79 Å². The van der Waals surface area contributed by atoms with E-state index in [2.05, 4.69) is 12.2 Å². The van der Waals surface area contributed by atoms with Crippen molar-refractivity contribution in [2.75, 3.05) is 0 Å². The second-order valence-electron chi connectivity index (χ2n) is 3.70. The lowest BCUT2D eigenvalue weighted by molar-refractivity contribution is -0.115. The summed E-state index contributed by atoms with van der Waals surface area (Å²) in [7, 11) is 0. The van der Waals surface area contributed by atoms with E-state index in [4.69, 9.17) is 0 Å². The van der Waals surface area contributed by atoms with Gasteiger partial charge in [-0.3, -0.25) is 4.79 Å². The molecule has 0 amide bonds. The van der Waals surface area contributed by atoms with Gasteiger partial charge in [0.1, 0.15) is 0 Å². The number of allylic oxidation sites excluding steroid dienone is 4. The monoisotopic (exact) mass is 146 g/mol. The van der Waals surface area contributed by atoms with Gasteiger partial charge in [-0.15, -0.1) is 0 Å². The molecule has 11 heavy (non-hydrogen) atoms. The molecule has 0 aromatic carbocycles. The molecule has 1 nitrogen and oxygen atoms in total. The Morgan fingerprint density at radius 1 is 1.18 bits per heavy atom. The molecule has 0 aromatic rings. The van der Waals surface area contributed by atoms with Gasteiger partial charge in [0.25, 0.3) is 0 Å². The Hall–Kier alpha value is -0.850. The minimum Gasteiger partial charge on any atom is -0.295 e. The zero-order valence-corrected chi connectivity index (χ0v) is 6.34. The summed E-state index contributed by atoms with van der Waals surface area (Å²) in [5, 5.41) is 0. The van der Waals surface area contributed by atoms with Crippen molar-refractivity contribution in [3.8, 4) is 0 Å². The van der Waals surface area contributed by atoms with E-state index in [0.29, 0.717) is 17.6 Å². The lowest BCUT2D eigenvalue weighted by Gasteiger charge is -2.04. The largest absolute Gasteiger partial charge is 0.295 e. The fourth-order valence-corrected chi connectivity index (χ4v) is 2.70. The molecule has 2 unspecified atom stereocenters. The molecule has 3 aliphatic rings. The first-order chi connectivity index (χ1) is 5.36.